The van der Waals surface area contributed by atoms with E-state index < -0.39 is 5.54 Å². The Bertz CT molecular complexity index is 659. The SMILES string of the molecule is CC(=O)N[C@]1(C)[C@H](COC(C)=O)CC(OC(C)=O)C[C@@H]1c1ccccc1. The van der Waals surface area contributed by atoms with Gasteiger partial charge < -0.3 is 14.8 Å². The van der Waals surface area contributed by atoms with Crippen molar-refractivity contribution in [3.8, 4) is 0 Å². The molecular formula is C20H27NO5. The third-order valence-corrected chi connectivity index (χ3v) is 5.09. The van der Waals surface area contributed by atoms with E-state index in [2.05, 4.69) is 5.32 Å². The van der Waals surface area contributed by atoms with Gasteiger partial charge in [-0.1, -0.05) is 30.3 Å². The first-order chi connectivity index (χ1) is 12.2. The van der Waals surface area contributed by atoms with Gasteiger partial charge in [-0.05, 0) is 25.3 Å². The number of esters is 2. The molecular weight excluding hydrogens is 334 g/mol. The van der Waals surface area contributed by atoms with Crippen LogP contribution in [0.15, 0.2) is 30.3 Å². The molecule has 0 saturated heterocycles. The molecule has 0 heterocycles. The van der Waals surface area contributed by atoms with Crippen molar-refractivity contribution in [3.05, 3.63) is 35.9 Å². The fraction of sp³-hybridized carbons (Fsp3) is 0.550. The normalized spacial score (nSPS) is 28.1. The number of nitrogens with one attached hydrogen (secondary N) is 1. The summed E-state index contributed by atoms with van der Waals surface area (Å²) in [6.45, 7) is 6.36. The number of amides is 1. The first-order valence-corrected chi connectivity index (χ1v) is 8.86. The van der Waals surface area contributed by atoms with Crippen molar-refractivity contribution in [2.24, 2.45) is 5.92 Å². The smallest absolute Gasteiger partial charge is 0.302 e. The van der Waals surface area contributed by atoms with Crippen molar-refractivity contribution < 1.29 is 23.9 Å². The van der Waals surface area contributed by atoms with Gasteiger partial charge in [0.2, 0.25) is 5.91 Å². The molecule has 0 radical (unpaired) electrons. The van der Waals surface area contributed by atoms with Crippen molar-refractivity contribution in [2.45, 2.75) is 58.1 Å². The van der Waals surface area contributed by atoms with Gasteiger partial charge in [0, 0.05) is 32.6 Å². The Hall–Kier alpha value is -2.37. The van der Waals surface area contributed by atoms with Gasteiger partial charge >= 0.3 is 11.9 Å². The number of ether oxygens (including phenoxy) is 2. The molecule has 1 aromatic rings. The average Bonchev–Trinajstić information content (AvgIpc) is 2.54. The maximum Gasteiger partial charge on any atom is 0.302 e. The van der Waals surface area contributed by atoms with Crippen LogP contribution in [-0.2, 0) is 23.9 Å². The second-order valence-corrected chi connectivity index (χ2v) is 7.13. The molecule has 142 valence electrons. The standard InChI is InChI=1S/C20H27NO5/c1-13(22)21-20(4)17(12-25-14(2)23)10-18(26-15(3)24)11-19(20)16-8-6-5-7-9-16/h5-9,17-19H,10-12H2,1-4H3,(H,21,22)/t17-,18?,19+,20+/m0/s1. The van der Waals surface area contributed by atoms with Crippen LogP contribution in [-0.4, -0.2) is 36.1 Å². The molecule has 1 N–H and O–H groups in total. The highest BCUT2D eigenvalue weighted by atomic mass is 16.5. The summed E-state index contributed by atoms with van der Waals surface area (Å²) in [7, 11) is 0. The van der Waals surface area contributed by atoms with Crippen LogP contribution < -0.4 is 5.32 Å². The van der Waals surface area contributed by atoms with E-state index in [0.29, 0.717) is 12.8 Å². The van der Waals surface area contributed by atoms with Crippen LogP contribution in [0.3, 0.4) is 0 Å². The molecule has 1 aliphatic rings. The Labute approximate surface area is 154 Å². The van der Waals surface area contributed by atoms with Crippen molar-refractivity contribution in [2.75, 3.05) is 6.61 Å². The van der Waals surface area contributed by atoms with Gasteiger partial charge in [0.15, 0.2) is 0 Å². The van der Waals surface area contributed by atoms with E-state index in [1.807, 2.05) is 37.3 Å². The molecule has 1 saturated carbocycles. The number of carbonyl (C=O) groups excluding carboxylic acids is 3. The van der Waals surface area contributed by atoms with Crippen LogP contribution in [0.25, 0.3) is 0 Å². The molecule has 4 atom stereocenters. The van der Waals surface area contributed by atoms with E-state index in [4.69, 9.17) is 9.47 Å². The topological polar surface area (TPSA) is 81.7 Å². The number of benzene rings is 1. The van der Waals surface area contributed by atoms with Crippen molar-refractivity contribution in [1.82, 2.24) is 5.32 Å². The monoisotopic (exact) mass is 361 g/mol. The highest BCUT2D eigenvalue weighted by Gasteiger charge is 2.49. The molecule has 0 aliphatic heterocycles. The van der Waals surface area contributed by atoms with Crippen LogP contribution in [0.2, 0.25) is 0 Å². The minimum atomic E-state index is -0.626. The first-order valence-electron chi connectivity index (χ1n) is 8.86. The quantitative estimate of drug-likeness (QED) is 0.815. The summed E-state index contributed by atoms with van der Waals surface area (Å²) in [6, 6.07) is 9.83. The molecule has 2 rings (SSSR count). The van der Waals surface area contributed by atoms with Gasteiger partial charge in [0.05, 0.1) is 12.1 Å². The molecule has 1 aromatic carbocycles. The Kier molecular flexibility index (Phi) is 6.40. The minimum Gasteiger partial charge on any atom is -0.465 e. The van der Waals surface area contributed by atoms with Crippen LogP contribution in [0, 0.1) is 5.92 Å². The van der Waals surface area contributed by atoms with Crippen LogP contribution in [0.1, 0.15) is 52.0 Å². The Balaban J connectivity index is 2.41. The van der Waals surface area contributed by atoms with Gasteiger partial charge in [-0.2, -0.15) is 0 Å². The number of hydrogen-bond acceptors (Lipinski definition) is 5. The number of carbonyl (C=O) groups is 3. The lowest BCUT2D eigenvalue weighted by atomic mass is 9.63. The van der Waals surface area contributed by atoms with E-state index in [0.717, 1.165) is 5.56 Å². The number of hydrogen-bond donors (Lipinski definition) is 1. The van der Waals surface area contributed by atoms with Crippen molar-refractivity contribution >= 4 is 17.8 Å². The van der Waals surface area contributed by atoms with Crippen molar-refractivity contribution in [1.29, 1.82) is 0 Å². The first kappa shape index (κ1) is 19.9. The van der Waals surface area contributed by atoms with Crippen molar-refractivity contribution in [3.63, 3.8) is 0 Å². The second-order valence-electron chi connectivity index (χ2n) is 7.13. The molecule has 6 nitrogen and oxygen atoms in total. The molecule has 0 spiro atoms. The molecule has 26 heavy (non-hydrogen) atoms. The summed E-state index contributed by atoms with van der Waals surface area (Å²) in [6.07, 6.45) is 0.823. The van der Waals surface area contributed by atoms with E-state index in [1.165, 1.54) is 20.8 Å². The lowest BCUT2D eigenvalue weighted by Crippen LogP contribution is -2.60. The second kappa shape index (κ2) is 8.34. The average molecular weight is 361 g/mol. The van der Waals surface area contributed by atoms with E-state index >= 15 is 0 Å². The third-order valence-electron chi connectivity index (χ3n) is 5.09. The van der Waals surface area contributed by atoms with Crippen LogP contribution in [0.5, 0.6) is 0 Å². The maximum atomic E-state index is 11.9. The van der Waals surface area contributed by atoms with E-state index in [9.17, 15) is 14.4 Å². The van der Waals surface area contributed by atoms with Crippen LogP contribution in [0.4, 0.5) is 0 Å². The number of rotatable bonds is 5. The Morgan fingerprint density at radius 2 is 1.73 bits per heavy atom. The summed E-state index contributed by atoms with van der Waals surface area (Å²) >= 11 is 0. The van der Waals surface area contributed by atoms with E-state index in [1.54, 1.807) is 0 Å². The predicted molar refractivity (Wildman–Crippen MR) is 96.3 cm³/mol. The molecule has 1 fully saturated rings. The summed E-state index contributed by atoms with van der Waals surface area (Å²) in [5.74, 6) is -1.12. The highest BCUT2D eigenvalue weighted by Crippen LogP contribution is 2.45. The fourth-order valence-electron chi connectivity index (χ4n) is 3.98. The zero-order valence-corrected chi connectivity index (χ0v) is 15.8. The van der Waals surface area contributed by atoms with Gasteiger partial charge in [-0.3, -0.25) is 14.4 Å². The third kappa shape index (κ3) is 4.84. The van der Waals surface area contributed by atoms with Gasteiger partial charge in [0.25, 0.3) is 0 Å². The zero-order valence-electron chi connectivity index (χ0n) is 15.8. The van der Waals surface area contributed by atoms with E-state index in [-0.39, 0.29) is 42.4 Å². The summed E-state index contributed by atoms with van der Waals surface area (Å²) in [5.41, 5.74) is 0.424. The predicted octanol–water partition coefficient (Wildman–Crippen LogP) is 2.57. The van der Waals surface area contributed by atoms with Gasteiger partial charge in [-0.25, -0.2) is 0 Å². The highest BCUT2D eigenvalue weighted by molar-refractivity contribution is 5.74. The summed E-state index contributed by atoms with van der Waals surface area (Å²) in [4.78, 5) is 34.8. The fourth-order valence-corrected chi connectivity index (χ4v) is 3.98. The lowest BCUT2D eigenvalue weighted by Gasteiger charge is -2.49. The van der Waals surface area contributed by atoms with Crippen LogP contribution >= 0.6 is 0 Å². The Morgan fingerprint density at radius 3 is 2.27 bits per heavy atom. The molecule has 0 aromatic heterocycles. The summed E-state index contributed by atoms with van der Waals surface area (Å²) in [5, 5.41) is 3.08. The largest absolute Gasteiger partial charge is 0.465 e. The molecule has 6 heteroatoms. The summed E-state index contributed by atoms with van der Waals surface area (Å²) < 4.78 is 10.8. The zero-order chi connectivity index (χ0) is 19.3. The molecule has 1 aliphatic carbocycles. The molecule has 1 amide bonds. The Morgan fingerprint density at radius 1 is 1.08 bits per heavy atom. The van der Waals surface area contributed by atoms with Gasteiger partial charge in [0.1, 0.15) is 6.10 Å². The molecule has 0 bridgehead atoms. The lowest BCUT2D eigenvalue weighted by molar-refractivity contribution is -0.155. The van der Waals surface area contributed by atoms with Gasteiger partial charge in [-0.15, -0.1) is 0 Å². The molecule has 1 unspecified atom stereocenters. The minimum absolute atomic E-state index is 0.0775. The maximum absolute atomic E-state index is 11.9.